The van der Waals surface area contributed by atoms with E-state index in [1.54, 1.807) is 6.92 Å². The predicted molar refractivity (Wildman–Crippen MR) is 62.9 cm³/mol. The fraction of sp³-hybridized carbons (Fsp3) is 1.00. The fourth-order valence-corrected chi connectivity index (χ4v) is 2.63. The van der Waals surface area contributed by atoms with Crippen molar-refractivity contribution in [1.29, 1.82) is 0 Å². The Kier molecular flexibility index (Phi) is 10.0. The van der Waals surface area contributed by atoms with Gasteiger partial charge in [0.05, 0.1) is 6.10 Å². The van der Waals surface area contributed by atoms with E-state index in [2.05, 4.69) is 6.92 Å². The highest BCUT2D eigenvalue weighted by Gasteiger charge is 2.08. The number of aliphatic hydroxyl groups is 1. The summed E-state index contributed by atoms with van der Waals surface area (Å²) in [4.78, 5) is 0. The molecule has 0 bridgehead atoms. The van der Waals surface area contributed by atoms with Gasteiger partial charge in [-0.25, -0.2) is 0 Å². The van der Waals surface area contributed by atoms with Gasteiger partial charge >= 0.3 is 0 Å². The first kappa shape index (κ1) is 14.3. The van der Waals surface area contributed by atoms with Crippen molar-refractivity contribution in [3.05, 3.63) is 0 Å². The van der Waals surface area contributed by atoms with Crippen LogP contribution < -0.4 is 0 Å². The van der Waals surface area contributed by atoms with Crippen molar-refractivity contribution in [1.82, 2.24) is 0 Å². The average molecular weight is 220 g/mol. The van der Waals surface area contributed by atoms with Gasteiger partial charge in [0.1, 0.15) is 11.5 Å². The highest BCUT2D eigenvalue weighted by atomic mass is 32.2. The van der Waals surface area contributed by atoms with Crippen LogP contribution in [0.1, 0.15) is 52.4 Å². The van der Waals surface area contributed by atoms with Crippen LogP contribution in [0.15, 0.2) is 0 Å². The van der Waals surface area contributed by atoms with Crippen LogP contribution in [0.2, 0.25) is 0 Å². The zero-order chi connectivity index (χ0) is 10.8. The Labute approximate surface area is 91.3 Å². The van der Waals surface area contributed by atoms with Crippen LogP contribution in [-0.4, -0.2) is 27.3 Å². The van der Waals surface area contributed by atoms with Crippen molar-refractivity contribution in [2.45, 2.75) is 58.5 Å². The minimum atomic E-state index is -0.807. The van der Waals surface area contributed by atoms with Crippen LogP contribution in [0.5, 0.6) is 0 Å². The number of rotatable bonds is 9. The third-order valence-electron chi connectivity index (χ3n) is 2.15. The molecule has 2 unspecified atom stereocenters. The molecule has 0 saturated carbocycles. The Balaban J connectivity index is 3.10. The van der Waals surface area contributed by atoms with E-state index >= 15 is 0 Å². The van der Waals surface area contributed by atoms with Gasteiger partial charge in [0.15, 0.2) is 0 Å². The highest BCUT2D eigenvalue weighted by molar-refractivity contribution is 7.91. The van der Waals surface area contributed by atoms with E-state index < -0.39 is 17.3 Å². The molecule has 0 aliphatic carbocycles. The maximum atomic E-state index is 11.3. The Hall–Kier alpha value is 0.270. The first-order chi connectivity index (χ1) is 6.66. The van der Waals surface area contributed by atoms with Crippen molar-refractivity contribution in [2.75, 3.05) is 11.5 Å². The molecule has 0 aromatic carbocycles. The van der Waals surface area contributed by atoms with Crippen LogP contribution in [0.25, 0.3) is 0 Å². The quantitative estimate of drug-likeness (QED) is 0.479. The molecule has 0 aliphatic rings. The number of aliphatic hydroxyl groups excluding tert-OH is 1. The van der Waals surface area contributed by atoms with Crippen molar-refractivity contribution in [3.63, 3.8) is 0 Å². The van der Waals surface area contributed by atoms with E-state index in [0.29, 0.717) is 5.75 Å². The molecule has 0 rings (SSSR count). The lowest BCUT2D eigenvalue weighted by atomic mass is 10.1. The van der Waals surface area contributed by atoms with Gasteiger partial charge in [-0.1, -0.05) is 43.8 Å². The minimum Gasteiger partial charge on any atom is -0.616 e. The lowest BCUT2D eigenvalue weighted by Gasteiger charge is -2.12. The molecule has 0 saturated heterocycles. The third-order valence-corrected chi connectivity index (χ3v) is 3.75. The molecular formula is C11H24O2S. The smallest absolute Gasteiger partial charge is 0.131 e. The fourth-order valence-electron chi connectivity index (χ4n) is 1.40. The minimum absolute atomic E-state index is 0.420. The molecule has 0 spiro atoms. The van der Waals surface area contributed by atoms with E-state index in [-0.39, 0.29) is 0 Å². The first-order valence-electron chi connectivity index (χ1n) is 5.69. The van der Waals surface area contributed by atoms with Crippen LogP contribution in [0.3, 0.4) is 0 Å². The highest BCUT2D eigenvalue weighted by Crippen LogP contribution is 2.07. The van der Waals surface area contributed by atoms with Gasteiger partial charge < -0.3 is 9.66 Å². The largest absolute Gasteiger partial charge is 0.616 e. The summed E-state index contributed by atoms with van der Waals surface area (Å²) in [5, 5.41) is 9.00. The Morgan fingerprint density at radius 1 is 1.14 bits per heavy atom. The molecule has 2 atom stereocenters. The summed E-state index contributed by atoms with van der Waals surface area (Å²) < 4.78 is 11.3. The van der Waals surface area contributed by atoms with Gasteiger partial charge in [0.25, 0.3) is 0 Å². The van der Waals surface area contributed by atoms with E-state index in [1.807, 2.05) is 0 Å². The van der Waals surface area contributed by atoms with Crippen molar-refractivity contribution in [2.24, 2.45) is 0 Å². The van der Waals surface area contributed by atoms with Gasteiger partial charge in [-0.15, -0.1) is 0 Å². The summed E-state index contributed by atoms with van der Waals surface area (Å²) in [6, 6.07) is 0. The Morgan fingerprint density at radius 3 is 2.29 bits per heavy atom. The van der Waals surface area contributed by atoms with E-state index in [4.69, 9.17) is 5.11 Å². The van der Waals surface area contributed by atoms with Gasteiger partial charge in [0.2, 0.25) is 0 Å². The average Bonchev–Trinajstić information content (AvgIpc) is 2.10. The molecule has 2 nitrogen and oxygen atoms in total. The first-order valence-corrected chi connectivity index (χ1v) is 7.18. The molecule has 0 aromatic rings. The molecule has 14 heavy (non-hydrogen) atoms. The molecule has 0 aromatic heterocycles. The van der Waals surface area contributed by atoms with Crippen LogP contribution in [-0.2, 0) is 11.2 Å². The molecule has 0 amide bonds. The number of unbranched alkanes of at least 4 members (excludes halogenated alkanes) is 5. The molecule has 1 N–H and O–H groups in total. The molecule has 0 radical (unpaired) electrons. The SMILES string of the molecule is CCCCCCCC[S+]([O-])CC(C)O. The van der Waals surface area contributed by atoms with Crippen LogP contribution in [0.4, 0.5) is 0 Å². The van der Waals surface area contributed by atoms with Crippen molar-refractivity contribution >= 4 is 11.2 Å². The van der Waals surface area contributed by atoms with Gasteiger partial charge in [-0.2, -0.15) is 0 Å². The summed E-state index contributed by atoms with van der Waals surface area (Å²) in [5.74, 6) is 1.20. The van der Waals surface area contributed by atoms with Crippen molar-refractivity contribution in [3.8, 4) is 0 Å². The third kappa shape index (κ3) is 10.4. The second-order valence-electron chi connectivity index (χ2n) is 3.93. The van der Waals surface area contributed by atoms with Gasteiger partial charge in [-0.3, -0.25) is 0 Å². The zero-order valence-corrected chi connectivity index (χ0v) is 10.3. The maximum absolute atomic E-state index is 11.3. The second kappa shape index (κ2) is 9.81. The second-order valence-corrected chi connectivity index (χ2v) is 5.55. The van der Waals surface area contributed by atoms with E-state index in [0.717, 1.165) is 12.2 Å². The number of hydrogen-bond acceptors (Lipinski definition) is 2. The molecule has 86 valence electrons. The molecule has 0 aliphatic heterocycles. The Morgan fingerprint density at radius 2 is 1.71 bits per heavy atom. The molecule has 0 fully saturated rings. The normalized spacial score (nSPS) is 15.4. The lowest BCUT2D eigenvalue weighted by molar-refractivity contribution is 0.218. The summed E-state index contributed by atoms with van der Waals surface area (Å²) in [5.41, 5.74) is 0. The Bertz CT molecular complexity index is 118. The van der Waals surface area contributed by atoms with Crippen molar-refractivity contribution < 1.29 is 9.66 Å². The standard InChI is InChI=1S/C11H24O2S/c1-3-4-5-6-7-8-9-14(13)10-11(2)12/h11-12H,3-10H2,1-2H3. The van der Waals surface area contributed by atoms with Gasteiger partial charge in [-0.05, 0) is 19.8 Å². The maximum Gasteiger partial charge on any atom is 0.131 e. The monoisotopic (exact) mass is 220 g/mol. The summed E-state index contributed by atoms with van der Waals surface area (Å²) in [7, 11) is 0. The zero-order valence-electron chi connectivity index (χ0n) is 9.50. The van der Waals surface area contributed by atoms with Crippen LogP contribution in [0, 0.1) is 0 Å². The summed E-state index contributed by atoms with van der Waals surface area (Å²) >= 11 is -0.807. The van der Waals surface area contributed by atoms with E-state index in [1.165, 1.54) is 32.1 Å². The predicted octanol–water partition coefficient (Wildman–Crippen LogP) is 2.48. The van der Waals surface area contributed by atoms with E-state index in [9.17, 15) is 4.55 Å². The van der Waals surface area contributed by atoms with Gasteiger partial charge in [0, 0.05) is 0 Å². The van der Waals surface area contributed by atoms with Crippen LogP contribution >= 0.6 is 0 Å². The summed E-state index contributed by atoms with van der Waals surface area (Å²) in [6.45, 7) is 3.90. The molecule has 3 heteroatoms. The topological polar surface area (TPSA) is 43.3 Å². The molecule has 0 heterocycles. The number of hydrogen-bond donors (Lipinski definition) is 1. The lowest BCUT2D eigenvalue weighted by Crippen LogP contribution is -2.20. The summed E-state index contributed by atoms with van der Waals surface area (Å²) in [6.07, 6.45) is 6.97. The molecular weight excluding hydrogens is 196 g/mol.